The quantitative estimate of drug-likeness (QED) is 0.773. The van der Waals surface area contributed by atoms with Crippen LogP contribution in [0.4, 0.5) is 0 Å². The topological polar surface area (TPSA) is 43.4 Å². The van der Waals surface area contributed by atoms with Gasteiger partial charge in [0.05, 0.1) is 6.61 Å². The minimum Gasteiger partial charge on any atom is -0.465 e. The molecule has 0 aliphatic heterocycles. The van der Waals surface area contributed by atoms with Gasteiger partial charge in [-0.15, -0.1) is 0 Å². The fraction of sp³-hybridized carbons (Fsp3) is 0.385. The average molecular weight is 252 g/mol. The van der Waals surface area contributed by atoms with E-state index < -0.39 is 5.25 Å². The smallest absolute Gasteiger partial charge is 0.319 e. The van der Waals surface area contributed by atoms with Gasteiger partial charge in [0.25, 0.3) is 0 Å². The molecule has 92 valence electrons. The van der Waals surface area contributed by atoms with Crippen molar-refractivity contribution in [1.29, 1.82) is 0 Å². The van der Waals surface area contributed by atoms with Gasteiger partial charge in [-0.1, -0.05) is 41.6 Å². The maximum Gasteiger partial charge on any atom is 0.319 e. The van der Waals surface area contributed by atoms with Gasteiger partial charge in [-0.25, -0.2) is 0 Å². The second-order valence-corrected chi connectivity index (χ2v) is 4.98. The van der Waals surface area contributed by atoms with Crippen molar-refractivity contribution in [3.63, 3.8) is 0 Å². The highest BCUT2D eigenvalue weighted by Gasteiger charge is 2.19. The van der Waals surface area contributed by atoms with Crippen molar-refractivity contribution in [1.82, 2.24) is 0 Å². The van der Waals surface area contributed by atoms with Crippen LogP contribution in [-0.4, -0.2) is 22.9 Å². The molecule has 0 aromatic heterocycles. The molecule has 1 aromatic rings. The first-order valence-corrected chi connectivity index (χ1v) is 6.37. The first-order chi connectivity index (χ1) is 8.04. The molecule has 3 nitrogen and oxygen atoms in total. The van der Waals surface area contributed by atoms with Crippen molar-refractivity contribution in [3.05, 3.63) is 35.4 Å². The molecule has 0 saturated carbocycles. The summed E-state index contributed by atoms with van der Waals surface area (Å²) in [6, 6.07) is 7.29. The number of benzene rings is 1. The SMILES string of the molecule is CCOC(=O)C(C)SC(=O)c1ccc(C)cc1. The van der Waals surface area contributed by atoms with E-state index in [9.17, 15) is 9.59 Å². The molecule has 1 rings (SSSR count). The van der Waals surface area contributed by atoms with Gasteiger partial charge in [-0.3, -0.25) is 9.59 Å². The number of hydrogen-bond donors (Lipinski definition) is 0. The third-order valence-electron chi connectivity index (χ3n) is 2.19. The van der Waals surface area contributed by atoms with Crippen LogP contribution in [0.25, 0.3) is 0 Å². The van der Waals surface area contributed by atoms with Gasteiger partial charge in [0.2, 0.25) is 5.12 Å². The molecule has 1 unspecified atom stereocenters. The largest absolute Gasteiger partial charge is 0.465 e. The third kappa shape index (κ3) is 4.23. The van der Waals surface area contributed by atoms with Gasteiger partial charge in [0, 0.05) is 5.56 Å². The Balaban J connectivity index is 2.60. The van der Waals surface area contributed by atoms with Gasteiger partial charge in [0.15, 0.2) is 0 Å². The van der Waals surface area contributed by atoms with Crippen molar-refractivity contribution >= 4 is 22.8 Å². The van der Waals surface area contributed by atoms with Crippen LogP contribution in [0, 0.1) is 6.92 Å². The summed E-state index contributed by atoms with van der Waals surface area (Å²) in [4.78, 5) is 23.2. The minimum absolute atomic E-state index is 0.106. The monoisotopic (exact) mass is 252 g/mol. The van der Waals surface area contributed by atoms with Crippen molar-refractivity contribution in [2.45, 2.75) is 26.0 Å². The maximum atomic E-state index is 11.8. The number of thioether (sulfide) groups is 1. The number of aryl methyl sites for hydroxylation is 1. The number of carbonyl (C=O) groups excluding carboxylic acids is 2. The summed E-state index contributed by atoms with van der Waals surface area (Å²) in [6.07, 6.45) is 0. The lowest BCUT2D eigenvalue weighted by Crippen LogP contribution is -2.18. The molecule has 0 heterocycles. The lowest BCUT2D eigenvalue weighted by molar-refractivity contribution is -0.142. The van der Waals surface area contributed by atoms with E-state index in [2.05, 4.69) is 0 Å². The Morgan fingerprint density at radius 3 is 2.41 bits per heavy atom. The van der Waals surface area contributed by atoms with Crippen molar-refractivity contribution in [2.24, 2.45) is 0 Å². The van der Waals surface area contributed by atoms with E-state index in [-0.39, 0.29) is 11.1 Å². The molecule has 0 aliphatic carbocycles. The Labute approximate surface area is 106 Å². The molecule has 0 aliphatic rings. The summed E-state index contributed by atoms with van der Waals surface area (Å²) in [5.41, 5.74) is 1.71. The fourth-order valence-corrected chi connectivity index (χ4v) is 1.98. The minimum atomic E-state index is -0.469. The summed E-state index contributed by atoms with van der Waals surface area (Å²) < 4.78 is 4.85. The first kappa shape index (κ1) is 13.8. The summed E-state index contributed by atoms with van der Waals surface area (Å²) in [5.74, 6) is -0.349. The maximum absolute atomic E-state index is 11.8. The van der Waals surface area contributed by atoms with E-state index in [0.717, 1.165) is 17.3 Å². The summed E-state index contributed by atoms with van der Waals surface area (Å²) in [7, 11) is 0. The highest BCUT2D eigenvalue weighted by molar-refractivity contribution is 8.15. The van der Waals surface area contributed by atoms with Crippen LogP contribution < -0.4 is 0 Å². The van der Waals surface area contributed by atoms with E-state index >= 15 is 0 Å². The Bertz CT molecular complexity index is 398. The Kier molecular flexibility index (Phi) is 5.22. The van der Waals surface area contributed by atoms with Crippen molar-refractivity contribution in [2.75, 3.05) is 6.61 Å². The van der Waals surface area contributed by atoms with Crippen LogP contribution in [-0.2, 0) is 9.53 Å². The first-order valence-electron chi connectivity index (χ1n) is 5.49. The highest BCUT2D eigenvalue weighted by Crippen LogP contribution is 2.19. The van der Waals surface area contributed by atoms with Gasteiger partial charge >= 0.3 is 5.97 Å². The predicted octanol–water partition coefficient (Wildman–Crippen LogP) is 2.82. The molecule has 1 atom stereocenters. The van der Waals surface area contributed by atoms with E-state index in [4.69, 9.17) is 4.74 Å². The molecule has 0 bridgehead atoms. The Hall–Kier alpha value is -1.29. The second-order valence-electron chi connectivity index (χ2n) is 3.67. The molecule has 0 saturated heterocycles. The molecular formula is C13H16O3S. The molecule has 4 heteroatoms. The highest BCUT2D eigenvalue weighted by atomic mass is 32.2. The van der Waals surface area contributed by atoms with E-state index in [1.807, 2.05) is 19.1 Å². The zero-order valence-electron chi connectivity index (χ0n) is 10.2. The van der Waals surface area contributed by atoms with Gasteiger partial charge in [-0.2, -0.15) is 0 Å². The molecule has 0 amide bonds. The lowest BCUT2D eigenvalue weighted by atomic mass is 10.2. The molecule has 17 heavy (non-hydrogen) atoms. The van der Waals surface area contributed by atoms with E-state index in [1.165, 1.54) is 0 Å². The summed E-state index contributed by atoms with van der Waals surface area (Å²) >= 11 is 0.993. The van der Waals surface area contributed by atoms with Crippen molar-refractivity contribution in [3.8, 4) is 0 Å². The van der Waals surface area contributed by atoms with Crippen LogP contribution in [0.5, 0.6) is 0 Å². The zero-order chi connectivity index (χ0) is 12.8. The molecular weight excluding hydrogens is 236 g/mol. The molecule has 0 fully saturated rings. The Morgan fingerprint density at radius 2 is 1.88 bits per heavy atom. The van der Waals surface area contributed by atoms with Gasteiger partial charge in [0.1, 0.15) is 5.25 Å². The van der Waals surface area contributed by atoms with Crippen LogP contribution in [0.1, 0.15) is 29.8 Å². The lowest BCUT2D eigenvalue weighted by Gasteiger charge is -2.09. The average Bonchev–Trinajstić information content (AvgIpc) is 2.30. The zero-order valence-corrected chi connectivity index (χ0v) is 11.0. The van der Waals surface area contributed by atoms with Crippen LogP contribution >= 0.6 is 11.8 Å². The van der Waals surface area contributed by atoms with E-state index in [0.29, 0.717) is 12.2 Å². The standard InChI is InChI=1S/C13H16O3S/c1-4-16-12(14)10(3)17-13(15)11-7-5-9(2)6-8-11/h5-8,10H,4H2,1-3H3. The fourth-order valence-electron chi connectivity index (χ4n) is 1.23. The predicted molar refractivity (Wildman–Crippen MR) is 69.2 cm³/mol. The van der Waals surface area contributed by atoms with Crippen LogP contribution in [0.15, 0.2) is 24.3 Å². The third-order valence-corrected chi connectivity index (χ3v) is 3.19. The molecule has 0 N–H and O–H groups in total. The van der Waals surface area contributed by atoms with Crippen LogP contribution in [0.3, 0.4) is 0 Å². The normalized spacial score (nSPS) is 11.9. The summed E-state index contributed by atoms with van der Waals surface area (Å²) in [6.45, 7) is 5.72. The molecule has 0 radical (unpaired) electrons. The number of rotatable bonds is 4. The van der Waals surface area contributed by atoms with Crippen LogP contribution in [0.2, 0.25) is 0 Å². The number of hydrogen-bond acceptors (Lipinski definition) is 4. The second kappa shape index (κ2) is 6.45. The van der Waals surface area contributed by atoms with E-state index in [1.54, 1.807) is 26.0 Å². The number of ether oxygens (including phenoxy) is 1. The van der Waals surface area contributed by atoms with Gasteiger partial charge < -0.3 is 4.74 Å². The van der Waals surface area contributed by atoms with Gasteiger partial charge in [-0.05, 0) is 20.8 Å². The Morgan fingerprint density at radius 1 is 1.29 bits per heavy atom. The van der Waals surface area contributed by atoms with Crippen molar-refractivity contribution < 1.29 is 14.3 Å². The molecule has 0 spiro atoms. The molecule has 1 aromatic carbocycles. The number of esters is 1. The summed E-state index contributed by atoms with van der Waals surface area (Å²) in [5, 5.41) is -0.575. The number of carbonyl (C=O) groups is 2.